The van der Waals surface area contributed by atoms with Crippen LogP contribution in [0.4, 0.5) is 0 Å². The van der Waals surface area contributed by atoms with Gasteiger partial charge in [-0.25, -0.2) is 0 Å². The number of hydrogen-bond acceptors (Lipinski definition) is 3. The van der Waals surface area contributed by atoms with E-state index in [2.05, 4.69) is 28.6 Å². The lowest BCUT2D eigenvalue weighted by Gasteiger charge is -2.13. The van der Waals surface area contributed by atoms with Gasteiger partial charge in [0.2, 0.25) is 0 Å². The van der Waals surface area contributed by atoms with Crippen LogP contribution in [0.1, 0.15) is 44.3 Å². The zero-order valence-corrected chi connectivity index (χ0v) is 11.0. The zero-order chi connectivity index (χ0) is 12.0. The van der Waals surface area contributed by atoms with Gasteiger partial charge < -0.3 is 9.30 Å². The summed E-state index contributed by atoms with van der Waals surface area (Å²) < 4.78 is 7.17. The fourth-order valence-electron chi connectivity index (χ4n) is 1.80. The van der Waals surface area contributed by atoms with Gasteiger partial charge in [-0.1, -0.05) is 20.3 Å². The molecule has 0 saturated carbocycles. The molecule has 0 saturated heterocycles. The fraction of sp³-hybridized carbons (Fsp3) is 0.818. The van der Waals surface area contributed by atoms with Gasteiger partial charge in [0.1, 0.15) is 11.6 Å². The summed E-state index contributed by atoms with van der Waals surface area (Å²) in [6, 6.07) is 0. The molecule has 1 aromatic heterocycles. The van der Waals surface area contributed by atoms with Gasteiger partial charge in [-0.2, -0.15) is 0 Å². The largest absolute Gasteiger partial charge is 0.383 e. The first-order valence-corrected chi connectivity index (χ1v) is 6.24. The lowest BCUT2D eigenvalue weighted by Crippen LogP contribution is -2.13. The number of aromatic nitrogens is 3. The Hall–Kier alpha value is -0.610. The van der Waals surface area contributed by atoms with E-state index in [1.165, 1.54) is 0 Å². The molecule has 92 valence electrons. The zero-order valence-electron chi connectivity index (χ0n) is 10.2. The standard InChI is InChI=1S/C11H20ClN3O/c1-4-5-9(2)11-14-13-10(8-12)15(11)6-7-16-3/h9H,4-8H2,1-3H3. The number of rotatable bonds is 7. The van der Waals surface area contributed by atoms with E-state index in [4.69, 9.17) is 16.3 Å². The number of methoxy groups -OCH3 is 1. The smallest absolute Gasteiger partial charge is 0.148 e. The van der Waals surface area contributed by atoms with Crippen molar-refractivity contribution in [3.63, 3.8) is 0 Å². The first-order chi connectivity index (χ1) is 7.74. The van der Waals surface area contributed by atoms with E-state index in [9.17, 15) is 0 Å². The maximum atomic E-state index is 5.84. The Morgan fingerprint density at radius 2 is 2.19 bits per heavy atom. The molecule has 1 aromatic rings. The third kappa shape index (κ3) is 3.19. The van der Waals surface area contributed by atoms with Crippen LogP contribution in [0.3, 0.4) is 0 Å². The van der Waals surface area contributed by atoms with Crippen molar-refractivity contribution >= 4 is 11.6 Å². The normalized spacial score (nSPS) is 13.0. The molecule has 1 unspecified atom stereocenters. The quantitative estimate of drug-likeness (QED) is 0.694. The van der Waals surface area contributed by atoms with Crippen LogP contribution < -0.4 is 0 Å². The summed E-state index contributed by atoms with van der Waals surface area (Å²) in [5.41, 5.74) is 0. The van der Waals surface area contributed by atoms with E-state index in [-0.39, 0.29) is 0 Å². The van der Waals surface area contributed by atoms with Gasteiger partial charge in [0.05, 0.1) is 12.5 Å². The number of alkyl halides is 1. The monoisotopic (exact) mass is 245 g/mol. The summed E-state index contributed by atoms with van der Waals surface area (Å²) in [7, 11) is 1.69. The molecule has 0 amide bonds. The molecule has 0 aliphatic rings. The van der Waals surface area contributed by atoms with Crippen molar-refractivity contribution in [1.29, 1.82) is 0 Å². The molecule has 1 atom stereocenters. The van der Waals surface area contributed by atoms with Gasteiger partial charge in [0.15, 0.2) is 0 Å². The van der Waals surface area contributed by atoms with Crippen LogP contribution in [0.2, 0.25) is 0 Å². The highest BCUT2D eigenvalue weighted by atomic mass is 35.5. The van der Waals surface area contributed by atoms with E-state index < -0.39 is 0 Å². The molecule has 0 fully saturated rings. The summed E-state index contributed by atoms with van der Waals surface area (Å²) in [6.07, 6.45) is 2.27. The highest BCUT2D eigenvalue weighted by Crippen LogP contribution is 2.20. The molecule has 16 heavy (non-hydrogen) atoms. The van der Waals surface area contributed by atoms with E-state index >= 15 is 0 Å². The van der Waals surface area contributed by atoms with Crippen LogP contribution in [0.5, 0.6) is 0 Å². The number of ether oxygens (including phenoxy) is 1. The van der Waals surface area contributed by atoms with Crippen LogP contribution in [-0.4, -0.2) is 28.5 Å². The molecule has 0 spiro atoms. The van der Waals surface area contributed by atoms with Crippen LogP contribution in [0, 0.1) is 0 Å². The minimum atomic E-state index is 0.398. The molecular formula is C11H20ClN3O. The predicted molar refractivity (Wildman–Crippen MR) is 64.8 cm³/mol. The Balaban J connectivity index is 2.85. The third-order valence-electron chi connectivity index (χ3n) is 2.66. The van der Waals surface area contributed by atoms with Gasteiger partial charge >= 0.3 is 0 Å². The molecule has 1 rings (SSSR count). The van der Waals surface area contributed by atoms with Crippen molar-refractivity contribution in [3.8, 4) is 0 Å². The summed E-state index contributed by atoms with van der Waals surface area (Å²) in [4.78, 5) is 0. The average molecular weight is 246 g/mol. The molecule has 0 radical (unpaired) electrons. The maximum Gasteiger partial charge on any atom is 0.148 e. The molecule has 0 aromatic carbocycles. The van der Waals surface area contributed by atoms with E-state index in [1.54, 1.807) is 7.11 Å². The molecule has 4 nitrogen and oxygen atoms in total. The Morgan fingerprint density at radius 1 is 1.44 bits per heavy atom. The highest BCUT2D eigenvalue weighted by Gasteiger charge is 2.16. The number of nitrogens with zero attached hydrogens (tertiary/aromatic N) is 3. The van der Waals surface area contributed by atoms with Crippen molar-refractivity contribution in [1.82, 2.24) is 14.8 Å². The Labute approximate surface area is 102 Å². The van der Waals surface area contributed by atoms with Gasteiger partial charge in [-0.05, 0) is 6.42 Å². The van der Waals surface area contributed by atoms with Crippen molar-refractivity contribution < 1.29 is 4.74 Å². The van der Waals surface area contributed by atoms with Crippen molar-refractivity contribution in [2.24, 2.45) is 0 Å². The summed E-state index contributed by atoms with van der Waals surface area (Å²) in [5, 5.41) is 8.35. The van der Waals surface area contributed by atoms with Crippen LogP contribution in [0.25, 0.3) is 0 Å². The molecule has 0 aliphatic carbocycles. The van der Waals surface area contributed by atoms with Gasteiger partial charge in [-0.15, -0.1) is 21.8 Å². The molecular weight excluding hydrogens is 226 g/mol. The van der Waals surface area contributed by atoms with Gasteiger partial charge in [-0.3, -0.25) is 0 Å². The first-order valence-electron chi connectivity index (χ1n) is 5.71. The molecule has 1 heterocycles. The summed E-state index contributed by atoms with van der Waals surface area (Å²) >= 11 is 5.84. The molecule has 5 heteroatoms. The SMILES string of the molecule is CCCC(C)c1nnc(CCl)n1CCOC. The van der Waals surface area contributed by atoms with E-state index in [0.717, 1.165) is 31.0 Å². The van der Waals surface area contributed by atoms with E-state index in [1.807, 2.05) is 0 Å². The summed E-state index contributed by atoms with van der Waals surface area (Å²) in [5.74, 6) is 2.67. The average Bonchev–Trinajstić information content (AvgIpc) is 2.69. The maximum absolute atomic E-state index is 5.84. The second kappa shape index (κ2) is 6.86. The minimum Gasteiger partial charge on any atom is -0.383 e. The van der Waals surface area contributed by atoms with Gasteiger partial charge in [0, 0.05) is 19.6 Å². The second-order valence-electron chi connectivity index (χ2n) is 3.94. The topological polar surface area (TPSA) is 39.9 Å². The van der Waals surface area contributed by atoms with Crippen molar-refractivity contribution in [2.75, 3.05) is 13.7 Å². The first kappa shape index (κ1) is 13.5. The minimum absolute atomic E-state index is 0.398. The van der Waals surface area contributed by atoms with Gasteiger partial charge in [0.25, 0.3) is 0 Å². The lowest BCUT2D eigenvalue weighted by molar-refractivity contribution is 0.185. The second-order valence-corrected chi connectivity index (χ2v) is 4.21. The van der Waals surface area contributed by atoms with Crippen LogP contribution in [0.15, 0.2) is 0 Å². The third-order valence-corrected chi connectivity index (χ3v) is 2.90. The van der Waals surface area contributed by atoms with Crippen molar-refractivity contribution in [3.05, 3.63) is 11.6 Å². The molecule has 0 aliphatic heterocycles. The Kier molecular flexibility index (Phi) is 5.77. The van der Waals surface area contributed by atoms with Crippen LogP contribution in [-0.2, 0) is 17.2 Å². The molecule has 0 N–H and O–H groups in total. The fourth-order valence-corrected chi connectivity index (χ4v) is 2.00. The Bertz CT molecular complexity index is 314. The number of hydrogen-bond donors (Lipinski definition) is 0. The predicted octanol–water partition coefficient (Wildman–Crippen LogP) is 2.57. The lowest BCUT2D eigenvalue weighted by atomic mass is 10.1. The highest BCUT2D eigenvalue weighted by molar-refractivity contribution is 6.16. The van der Waals surface area contributed by atoms with E-state index in [0.29, 0.717) is 18.4 Å². The van der Waals surface area contributed by atoms with Crippen molar-refractivity contribution in [2.45, 2.75) is 45.0 Å². The van der Waals surface area contributed by atoms with Crippen LogP contribution >= 0.6 is 11.6 Å². The number of halogens is 1. The molecule has 0 bridgehead atoms. The summed E-state index contributed by atoms with van der Waals surface area (Å²) in [6.45, 7) is 5.78. The Morgan fingerprint density at radius 3 is 2.75 bits per heavy atom.